The maximum atomic E-state index is 12.3. The first-order valence-electron chi connectivity index (χ1n) is 6.16. The van der Waals surface area contributed by atoms with Crippen LogP contribution in [0.5, 0.6) is 5.75 Å². The Bertz CT molecular complexity index is 633. The first-order chi connectivity index (χ1) is 10.5. The number of rotatable bonds is 7. The summed E-state index contributed by atoms with van der Waals surface area (Å²) in [5, 5.41) is 23.3. The van der Waals surface area contributed by atoms with Gasteiger partial charge in [0.05, 0.1) is 11.2 Å². The number of ether oxygens (including phenoxy) is 1. The van der Waals surface area contributed by atoms with E-state index in [1.165, 1.54) is 12.3 Å². The zero-order valence-corrected chi connectivity index (χ0v) is 11.1. The number of hydrogen-bond donors (Lipinski definition) is 2. The van der Waals surface area contributed by atoms with Crippen molar-refractivity contribution in [1.29, 1.82) is 0 Å². The van der Waals surface area contributed by atoms with Gasteiger partial charge in [0, 0.05) is 24.4 Å². The molecule has 0 aliphatic carbocycles. The number of aliphatic hydroxyl groups excluding tert-OH is 1. The highest BCUT2D eigenvalue weighted by Crippen LogP contribution is 2.31. The van der Waals surface area contributed by atoms with Crippen molar-refractivity contribution in [2.75, 3.05) is 11.9 Å². The third-order valence-corrected chi connectivity index (χ3v) is 2.74. The highest BCUT2D eigenvalue weighted by atomic mass is 19.3. The molecule has 1 atom stereocenters. The van der Waals surface area contributed by atoms with E-state index < -0.39 is 29.1 Å². The molecule has 0 aliphatic rings. The van der Waals surface area contributed by atoms with Crippen molar-refractivity contribution >= 4 is 11.4 Å². The van der Waals surface area contributed by atoms with Crippen LogP contribution < -0.4 is 10.1 Å². The number of hydrogen-bond acceptors (Lipinski definition) is 6. The molecule has 2 N–H and O–H groups in total. The van der Waals surface area contributed by atoms with E-state index in [4.69, 9.17) is 4.42 Å². The first-order valence-corrected chi connectivity index (χ1v) is 6.16. The van der Waals surface area contributed by atoms with Crippen molar-refractivity contribution in [3.05, 3.63) is 52.5 Å². The van der Waals surface area contributed by atoms with E-state index in [0.29, 0.717) is 5.76 Å². The zero-order valence-electron chi connectivity index (χ0n) is 11.1. The summed E-state index contributed by atoms with van der Waals surface area (Å²) in [6.45, 7) is -3.15. The maximum Gasteiger partial charge on any atom is 0.387 e. The van der Waals surface area contributed by atoms with E-state index in [-0.39, 0.29) is 12.2 Å². The van der Waals surface area contributed by atoms with Gasteiger partial charge in [0.2, 0.25) is 5.75 Å². The van der Waals surface area contributed by atoms with Gasteiger partial charge in [-0.1, -0.05) is 0 Å². The van der Waals surface area contributed by atoms with Crippen LogP contribution in [0.4, 0.5) is 20.2 Å². The summed E-state index contributed by atoms with van der Waals surface area (Å²) in [6, 6.07) is 6.62. The highest BCUT2D eigenvalue weighted by molar-refractivity contribution is 5.58. The molecule has 0 amide bonds. The van der Waals surface area contributed by atoms with Gasteiger partial charge in [0.1, 0.15) is 11.9 Å². The lowest BCUT2D eigenvalue weighted by atomic mass is 10.2. The summed E-state index contributed by atoms with van der Waals surface area (Å²) in [4.78, 5) is 9.92. The van der Waals surface area contributed by atoms with Gasteiger partial charge in [0.25, 0.3) is 0 Å². The second-order valence-corrected chi connectivity index (χ2v) is 4.23. The Labute approximate surface area is 123 Å². The molecular weight excluding hydrogens is 302 g/mol. The molecule has 0 saturated heterocycles. The van der Waals surface area contributed by atoms with E-state index in [2.05, 4.69) is 10.1 Å². The number of nitro benzene ring substituents is 1. The Morgan fingerprint density at radius 2 is 2.18 bits per heavy atom. The Balaban J connectivity index is 2.09. The molecule has 0 bridgehead atoms. The van der Waals surface area contributed by atoms with Crippen LogP contribution in [0.2, 0.25) is 0 Å². The smallest absolute Gasteiger partial charge is 0.387 e. The van der Waals surface area contributed by atoms with Gasteiger partial charge >= 0.3 is 12.3 Å². The third kappa shape index (κ3) is 3.92. The SMILES string of the molecule is O=[N+]([O-])c1ccc(NCC(O)c2ccco2)cc1OC(F)F. The topological polar surface area (TPSA) is 97.8 Å². The van der Waals surface area contributed by atoms with Crippen LogP contribution >= 0.6 is 0 Å². The molecule has 7 nitrogen and oxygen atoms in total. The largest absolute Gasteiger partial charge is 0.467 e. The maximum absolute atomic E-state index is 12.3. The molecule has 0 fully saturated rings. The van der Waals surface area contributed by atoms with Crippen LogP contribution in [-0.2, 0) is 0 Å². The lowest BCUT2D eigenvalue weighted by Crippen LogP contribution is -2.12. The minimum Gasteiger partial charge on any atom is -0.467 e. The molecule has 2 aromatic rings. The van der Waals surface area contributed by atoms with Crippen molar-refractivity contribution in [1.82, 2.24) is 0 Å². The molecule has 0 saturated carbocycles. The highest BCUT2D eigenvalue weighted by Gasteiger charge is 2.19. The summed E-state index contributed by atoms with van der Waals surface area (Å²) < 4.78 is 33.7. The van der Waals surface area contributed by atoms with E-state index in [0.717, 1.165) is 12.1 Å². The fourth-order valence-electron chi connectivity index (χ4n) is 1.76. The number of alkyl halides is 2. The molecule has 0 spiro atoms. The number of halogens is 2. The van der Waals surface area contributed by atoms with Crippen molar-refractivity contribution < 1.29 is 28.0 Å². The van der Waals surface area contributed by atoms with Gasteiger partial charge in [-0.15, -0.1) is 0 Å². The number of anilines is 1. The molecule has 1 aromatic heterocycles. The van der Waals surface area contributed by atoms with Gasteiger partial charge in [-0.25, -0.2) is 0 Å². The standard InChI is InChI=1S/C13H12F2N2O5/c14-13(15)22-12-6-8(3-4-9(12)17(19)20)16-7-10(18)11-2-1-5-21-11/h1-6,10,13,16,18H,7H2. The van der Waals surface area contributed by atoms with Crippen LogP contribution in [0.3, 0.4) is 0 Å². The molecule has 1 heterocycles. The lowest BCUT2D eigenvalue weighted by molar-refractivity contribution is -0.386. The predicted octanol–water partition coefficient (Wildman–Crippen LogP) is 2.93. The van der Waals surface area contributed by atoms with Crippen molar-refractivity contribution in [2.45, 2.75) is 12.7 Å². The van der Waals surface area contributed by atoms with Gasteiger partial charge in [-0.2, -0.15) is 8.78 Å². The van der Waals surface area contributed by atoms with Crippen molar-refractivity contribution in [2.24, 2.45) is 0 Å². The van der Waals surface area contributed by atoms with Crippen LogP contribution in [0.1, 0.15) is 11.9 Å². The van der Waals surface area contributed by atoms with Gasteiger partial charge in [-0.05, 0) is 18.2 Å². The number of aliphatic hydroxyl groups is 1. The zero-order chi connectivity index (χ0) is 16.1. The molecule has 1 unspecified atom stereocenters. The van der Waals surface area contributed by atoms with Crippen LogP contribution in [0.15, 0.2) is 41.0 Å². The second-order valence-electron chi connectivity index (χ2n) is 4.23. The fourth-order valence-corrected chi connectivity index (χ4v) is 1.76. The third-order valence-electron chi connectivity index (χ3n) is 2.74. The summed E-state index contributed by atoms with van der Waals surface area (Å²) in [5.74, 6) is -0.226. The quantitative estimate of drug-likeness (QED) is 0.602. The molecule has 22 heavy (non-hydrogen) atoms. The van der Waals surface area contributed by atoms with Crippen molar-refractivity contribution in [3.8, 4) is 5.75 Å². The molecule has 9 heteroatoms. The number of nitrogens with one attached hydrogen (secondary N) is 1. The van der Waals surface area contributed by atoms with Crippen molar-refractivity contribution in [3.63, 3.8) is 0 Å². The average Bonchev–Trinajstić information content (AvgIpc) is 2.98. The minimum absolute atomic E-state index is 0.0272. The molecule has 118 valence electrons. The molecular formula is C13H12F2N2O5. The molecule has 0 radical (unpaired) electrons. The summed E-state index contributed by atoms with van der Waals surface area (Å²) >= 11 is 0. The number of benzene rings is 1. The minimum atomic E-state index is -3.18. The van der Waals surface area contributed by atoms with Gasteiger partial charge in [0.15, 0.2) is 0 Å². The predicted molar refractivity (Wildman–Crippen MR) is 71.9 cm³/mol. The first kappa shape index (κ1) is 15.7. The number of nitrogens with zero attached hydrogens (tertiary/aromatic N) is 1. The van der Waals surface area contributed by atoms with Crippen LogP contribution in [0.25, 0.3) is 0 Å². The fraction of sp³-hybridized carbons (Fsp3) is 0.231. The second kappa shape index (κ2) is 6.85. The van der Waals surface area contributed by atoms with Crippen LogP contribution in [0, 0.1) is 10.1 Å². The van der Waals surface area contributed by atoms with Gasteiger partial charge < -0.3 is 19.6 Å². The lowest BCUT2D eigenvalue weighted by Gasteiger charge is -2.12. The van der Waals surface area contributed by atoms with E-state index >= 15 is 0 Å². The Hall–Kier alpha value is -2.68. The number of furan rings is 1. The average molecular weight is 314 g/mol. The molecule has 1 aromatic carbocycles. The van der Waals surface area contributed by atoms with E-state index in [9.17, 15) is 24.0 Å². The van der Waals surface area contributed by atoms with Crippen LogP contribution in [-0.4, -0.2) is 23.2 Å². The molecule has 2 rings (SSSR count). The summed E-state index contributed by atoms with van der Waals surface area (Å²) in [7, 11) is 0. The summed E-state index contributed by atoms with van der Waals surface area (Å²) in [6.07, 6.45) is 0.448. The summed E-state index contributed by atoms with van der Waals surface area (Å²) in [5.41, 5.74) is -0.288. The number of nitro groups is 1. The monoisotopic (exact) mass is 314 g/mol. The van der Waals surface area contributed by atoms with E-state index in [1.807, 2.05) is 0 Å². The normalized spacial score (nSPS) is 12.2. The van der Waals surface area contributed by atoms with E-state index in [1.54, 1.807) is 12.1 Å². The Morgan fingerprint density at radius 1 is 1.41 bits per heavy atom. The van der Waals surface area contributed by atoms with Gasteiger partial charge in [-0.3, -0.25) is 10.1 Å². The molecule has 0 aliphatic heterocycles. The Kier molecular flexibility index (Phi) is 4.89. The Morgan fingerprint density at radius 3 is 2.77 bits per heavy atom.